The van der Waals surface area contributed by atoms with Crippen molar-refractivity contribution >= 4 is 17.0 Å². The van der Waals surface area contributed by atoms with Crippen molar-refractivity contribution in [2.45, 2.75) is 19.9 Å². The third kappa shape index (κ3) is 2.79. The summed E-state index contributed by atoms with van der Waals surface area (Å²) in [5.41, 5.74) is 3.04. The monoisotopic (exact) mass is 280 g/mol. The Morgan fingerprint density at radius 2 is 1.95 bits per heavy atom. The lowest BCUT2D eigenvalue weighted by Crippen LogP contribution is -2.26. The van der Waals surface area contributed by atoms with Gasteiger partial charge in [-0.25, -0.2) is 4.98 Å². The van der Waals surface area contributed by atoms with Gasteiger partial charge in [-0.15, -0.1) is 0 Å². The zero-order chi connectivity index (χ0) is 14.8. The maximum atomic E-state index is 12.3. The summed E-state index contributed by atoms with van der Waals surface area (Å²) in [4.78, 5) is 16.5. The lowest BCUT2D eigenvalue weighted by molar-refractivity contribution is 0.0940. The smallest absolute Gasteiger partial charge is 0.251 e. The second-order valence-electron chi connectivity index (χ2n) is 5.02. The van der Waals surface area contributed by atoms with E-state index in [0.29, 0.717) is 17.0 Å². The number of benzene rings is 2. The fourth-order valence-corrected chi connectivity index (χ4v) is 2.29. The number of nitrogens with one attached hydrogen (secondary N) is 1. The Labute approximate surface area is 122 Å². The molecule has 1 amide bonds. The van der Waals surface area contributed by atoms with Gasteiger partial charge in [0.25, 0.3) is 5.91 Å². The molecule has 4 heteroatoms. The number of aryl methyl sites for hydroxylation is 1. The van der Waals surface area contributed by atoms with Crippen LogP contribution in [0.15, 0.2) is 52.9 Å². The Bertz CT molecular complexity index is 778. The first kappa shape index (κ1) is 13.4. The number of hydrogen-bond donors (Lipinski definition) is 1. The average molecular weight is 280 g/mol. The summed E-state index contributed by atoms with van der Waals surface area (Å²) in [5, 5.41) is 2.98. The zero-order valence-corrected chi connectivity index (χ0v) is 12.0. The Morgan fingerprint density at radius 3 is 2.71 bits per heavy atom. The molecule has 0 saturated heterocycles. The second-order valence-corrected chi connectivity index (χ2v) is 5.02. The normalized spacial score (nSPS) is 12.3. The molecule has 106 valence electrons. The molecule has 0 aliphatic carbocycles. The van der Waals surface area contributed by atoms with Crippen LogP contribution in [0.2, 0.25) is 0 Å². The number of carbonyl (C=O) groups excluding carboxylic acids is 1. The molecule has 0 aliphatic rings. The minimum absolute atomic E-state index is 0.0501. The van der Waals surface area contributed by atoms with Crippen molar-refractivity contribution in [1.82, 2.24) is 10.3 Å². The molecule has 0 radical (unpaired) electrons. The maximum Gasteiger partial charge on any atom is 0.251 e. The van der Waals surface area contributed by atoms with Crippen LogP contribution in [0.3, 0.4) is 0 Å². The van der Waals surface area contributed by atoms with E-state index in [2.05, 4.69) is 10.3 Å². The number of hydrogen-bond acceptors (Lipinski definition) is 3. The molecule has 1 atom stereocenters. The summed E-state index contributed by atoms with van der Waals surface area (Å²) in [7, 11) is 0. The van der Waals surface area contributed by atoms with Crippen molar-refractivity contribution in [3.8, 4) is 0 Å². The van der Waals surface area contributed by atoms with Gasteiger partial charge in [0.1, 0.15) is 5.52 Å². The molecule has 0 spiro atoms. The van der Waals surface area contributed by atoms with Gasteiger partial charge in [-0.2, -0.15) is 0 Å². The molecule has 0 fully saturated rings. The third-order valence-corrected chi connectivity index (χ3v) is 3.40. The molecule has 0 saturated carbocycles. The molecule has 0 bridgehead atoms. The molecule has 3 aromatic rings. The van der Waals surface area contributed by atoms with Crippen molar-refractivity contribution < 1.29 is 9.21 Å². The van der Waals surface area contributed by atoms with Crippen LogP contribution >= 0.6 is 0 Å². The number of fused-ring (bicyclic) bond motifs is 1. The predicted molar refractivity (Wildman–Crippen MR) is 81.1 cm³/mol. The summed E-state index contributed by atoms with van der Waals surface area (Å²) in [6, 6.07) is 15.1. The molecule has 4 nitrogen and oxygen atoms in total. The van der Waals surface area contributed by atoms with Gasteiger partial charge in [-0.05, 0) is 30.7 Å². The number of rotatable bonds is 3. The van der Waals surface area contributed by atoms with E-state index in [0.717, 1.165) is 11.1 Å². The van der Waals surface area contributed by atoms with Crippen LogP contribution in [0.25, 0.3) is 11.1 Å². The summed E-state index contributed by atoms with van der Waals surface area (Å²) in [6.45, 7) is 3.75. The maximum absolute atomic E-state index is 12.3. The highest BCUT2D eigenvalue weighted by Gasteiger charge is 2.13. The zero-order valence-electron chi connectivity index (χ0n) is 12.0. The van der Waals surface area contributed by atoms with E-state index in [-0.39, 0.29) is 11.9 Å². The fraction of sp³-hybridized carbons (Fsp3) is 0.176. The molecular formula is C17H16N2O2. The standard InChI is InChI=1S/C17H16N2O2/c1-11(13-6-4-3-5-7-13)18-17(20)14-8-9-15-16(10-14)21-12(2)19-15/h3-11H,1-2H3,(H,18,20). The van der Waals surface area contributed by atoms with Crippen LogP contribution < -0.4 is 5.32 Å². The Kier molecular flexibility index (Phi) is 3.44. The molecular weight excluding hydrogens is 264 g/mol. The van der Waals surface area contributed by atoms with Crippen LogP contribution in [0.1, 0.15) is 34.8 Å². The predicted octanol–water partition coefficient (Wildman–Crippen LogP) is 3.63. The quantitative estimate of drug-likeness (QED) is 0.797. The second kappa shape index (κ2) is 5.40. The summed E-state index contributed by atoms with van der Waals surface area (Å²) >= 11 is 0. The van der Waals surface area contributed by atoms with E-state index in [1.54, 1.807) is 25.1 Å². The summed E-state index contributed by atoms with van der Waals surface area (Å²) in [5.74, 6) is 0.475. The van der Waals surface area contributed by atoms with Crippen molar-refractivity contribution in [1.29, 1.82) is 0 Å². The number of aromatic nitrogens is 1. The van der Waals surface area contributed by atoms with Gasteiger partial charge < -0.3 is 9.73 Å². The van der Waals surface area contributed by atoms with Crippen molar-refractivity contribution in [2.24, 2.45) is 0 Å². The first-order chi connectivity index (χ1) is 10.1. The van der Waals surface area contributed by atoms with E-state index in [9.17, 15) is 4.79 Å². The van der Waals surface area contributed by atoms with Gasteiger partial charge in [0, 0.05) is 12.5 Å². The van der Waals surface area contributed by atoms with E-state index in [1.807, 2.05) is 37.3 Å². The van der Waals surface area contributed by atoms with Gasteiger partial charge in [-0.3, -0.25) is 4.79 Å². The Hall–Kier alpha value is -2.62. The van der Waals surface area contributed by atoms with Gasteiger partial charge in [0.15, 0.2) is 11.5 Å². The van der Waals surface area contributed by atoms with E-state index in [1.165, 1.54) is 0 Å². The number of oxazole rings is 1. The Balaban J connectivity index is 1.80. The first-order valence-electron chi connectivity index (χ1n) is 6.86. The number of amides is 1. The lowest BCUT2D eigenvalue weighted by Gasteiger charge is -2.14. The van der Waals surface area contributed by atoms with Gasteiger partial charge in [0.05, 0.1) is 6.04 Å². The van der Waals surface area contributed by atoms with Crippen molar-refractivity contribution in [2.75, 3.05) is 0 Å². The molecule has 21 heavy (non-hydrogen) atoms. The highest BCUT2D eigenvalue weighted by molar-refractivity contribution is 5.97. The van der Waals surface area contributed by atoms with E-state index in [4.69, 9.17) is 4.42 Å². The fourth-order valence-electron chi connectivity index (χ4n) is 2.29. The van der Waals surface area contributed by atoms with Crippen molar-refractivity contribution in [3.63, 3.8) is 0 Å². The minimum atomic E-state index is -0.123. The van der Waals surface area contributed by atoms with Gasteiger partial charge in [0.2, 0.25) is 0 Å². The molecule has 3 rings (SSSR count). The van der Waals surface area contributed by atoms with Gasteiger partial charge >= 0.3 is 0 Å². The SMILES string of the molecule is Cc1nc2ccc(C(=O)NC(C)c3ccccc3)cc2o1. The molecule has 2 aromatic carbocycles. The molecule has 1 N–H and O–H groups in total. The van der Waals surface area contributed by atoms with E-state index >= 15 is 0 Å². The number of carbonyl (C=O) groups is 1. The number of nitrogens with zero attached hydrogens (tertiary/aromatic N) is 1. The average Bonchev–Trinajstić information content (AvgIpc) is 2.87. The molecule has 0 aliphatic heterocycles. The van der Waals surface area contributed by atoms with E-state index < -0.39 is 0 Å². The third-order valence-electron chi connectivity index (χ3n) is 3.40. The van der Waals surface area contributed by atoms with Crippen molar-refractivity contribution in [3.05, 3.63) is 65.5 Å². The van der Waals surface area contributed by atoms with Crippen LogP contribution in [0, 0.1) is 6.92 Å². The Morgan fingerprint density at radius 1 is 1.19 bits per heavy atom. The minimum Gasteiger partial charge on any atom is -0.441 e. The van der Waals surface area contributed by atoms with Crippen LogP contribution in [0.5, 0.6) is 0 Å². The highest BCUT2D eigenvalue weighted by atomic mass is 16.3. The molecule has 1 aromatic heterocycles. The topological polar surface area (TPSA) is 55.1 Å². The van der Waals surface area contributed by atoms with Crippen LogP contribution in [-0.4, -0.2) is 10.9 Å². The first-order valence-corrected chi connectivity index (χ1v) is 6.86. The molecule has 1 unspecified atom stereocenters. The largest absolute Gasteiger partial charge is 0.441 e. The highest BCUT2D eigenvalue weighted by Crippen LogP contribution is 2.18. The summed E-state index contributed by atoms with van der Waals surface area (Å²) < 4.78 is 5.46. The van der Waals surface area contributed by atoms with Crippen LogP contribution in [-0.2, 0) is 0 Å². The van der Waals surface area contributed by atoms with Crippen LogP contribution in [0.4, 0.5) is 0 Å². The lowest BCUT2D eigenvalue weighted by atomic mass is 10.1. The molecule has 1 heterocycles. The van der Waals surface area contributed by atoms with Gasteiger partial charge in [-0.1, -0.05) is 30.3 Å². The summed E-state index contributed by atoms with van der Waals surface area (Å²) in [6.07, 6.45) is 0.